The minimum absolute atomic E-state index is 0.277. The molecule has 0 saturated heterocycles. The first-order valence-electron chi connectivity index (χ1n) is 4.69. The highest BCUT2D eigenvalue weighted by Gasteiger charge is 2.41. The number of rotatable bonds is 2. The van der Waals surface area contributed by atoms with Crippen LogP contribution in [0.1, 0.15) is 24.8 Å². The second kappa shape index (κ2) is 3.54. The number of benzene rings is 1. The van der Waals surface area contributed by atoms with Gasteiger partial charge < -0.3 is 0 Å². The number of thioether (sulfide) groups is 1. The number of hydrogen-bond acceptors (Lipinski definition) is 1. The van der Waals surface area contributed by atoms with Gasteiger partial charge in [0.25, 0.3) is 0 Å². The Morgan fingerprint density at radius 1 is 1.21 bits per heavy atom. The summed E-state index contributed by atoms with van der Waals surface area (Å²) in [5, 5.41) is 0. The lowest BCUT2D eigenvalue weighted by Gasteiger charge is -2.41. The molecule has 0 spiro atoms. The number of halogens is 2. The van der Waals surface area contributed by atoms with Crippen LogP contribution in [0.2, 0.25) is 0 Å². The average Bonchev–Trinajstić information content (AvgIpc) is 2.08. The lowest BCUT2D eigenvalue weighted by atomic mass is 9.78. The van der Waals surface area contributed by atoms with Gasteiger partial charge in [-0.05, 0) is 37.7 Å². The van der Waals surface area contributed by atoms with Gasteiger partial charge in [0.15, 0.2) is 0 Å². The Kier molecular flexibility index (Phi) is 2.52. The minimum Gasteiger partial charge on any atom is -0.207 e. The van der Waals surface area contributed by atoms with Crippen molar-refractivity contribution in [1.82, 2.24) is 0 Å². The van der Waals surface area contributed by atoms with Crippen LogP contribution in [0.25, 0.3) is 0 Å². The summed E-state index contributed by atoms with van der Waals surface area (Å²) < 4.78 is 26.7. The summed E-state index contributed by atoms with van der Waals surface area (Å²) in [5.74, 6) is -0.807. The van der Waals surface area contributed by atoms with E-state index in [9.17, 15) is 8.78 Å². The van der Waals surface area contributed by atoms with Crippen molar-refractivity contribution in [3.8, 4) is 0 Å². The average molecular weight is 214 g/mol. The molecule has 0 aromatic heterocycles. The predicted octanol–water partition coefficient (Wildman–Crippen LogP) is 3.71. The zero-order valence-electron chi connectivity index (χ0n) is 8.02. The number of hydrogen-bond donors (Lipinski definition) is 0. The highest BCUT2D eigenvalue weighted by Crippen LogP contribution is 2.52. The lowest BCUT2D eigenvalue weighted by Crippen LogP contribution is -2.32. The smallest absolute Gasteiger partial charge is 0.130 e. The summed E-state index contributed by atoms with van der Waals surface area (Å²) in [6.45, 7) is 0. The zero-order valence-corrected chi connectivity index (χ0v) is 8.83. The molecule has 1 aliphatic carbocycles. The van der Waals surface area contributed by atoms with Gasteiger partial charge in [-0.25, -0.2) is 8.78 Å². The van der Waals surface area contributed by atoms with Gasteiger partial charge in [0.05, 0.1) is 0 Å². The van der Waals surface area contributed by atoms with E-state index in [2.05, 4.69) is 0 Å². The fraction of sp³-hybridized carbons (Fsp3) is 0.455. The van der Waals surface area contributed by atoms with Gasteiger partial charge in [-0.1, -0.05) is 6.07 Å². The first-order valence-corrected chi connectivity index (χ1v) is 5.92. The van der Waals surface area contributed by atoms with Gasteiger partial charge >= 0.3 is 0 Å². The largest absolute Gasteiger partial charge is 0.207 e. The Morgan fingerprint density at radius 2 is 1.79 bits per heavy atom. The molecule has 1 fully saturated rings. The van der Waals surface area contributed by atoms with E-state index in [1.807, 2.05) is 6.26 Å². The lowest BCUT2D eigenvalue weighted by molar-refractivity contribution is 0.346. The summed E-state index contributed by atoms with van der Waals surface area (Å²) in [6.07, 6.45) is 4.75. The van der Waals surface area contributed by atoms with Crippen molar-refractivity contribution >= 4 is 11.8 Å². The molecule has 1 saturated carbocycles. The monoisotopic (exact) mass is 214 g/mol. The van der Waals surface area contributed by atoms with E-state index in [-0.39, 0.29) is 10.3 Å². The molecule has 0 aliphatic heterocycles. The van der Waals surface area contributed by atoms with Crippen LogP contribution in [0.5, 0.6) is 0 Å². The van der Waals surface area contributed by atoms with Crippen molar-refractivity contribution in [3.63, 3.8) is 0 Å². The van der Waals surface area contributed by atoms with Gasteiger partial charge in [-0.15, -0.1) is 0 Å². The SMILES string of the molecule is CSC1(c2c(F)cccc2F)CCC1. The third-order valence-corrected chi connectivity index (χ3v) is 4.36. The van der Waals surface area contributed by atoms with Crippen LogP contribution in [-0.4, -0.2) is 6.26 Å². The summed E-state index contributed by atoms with van der Waals surface area (Å²) in [6, 6.07) is 4.10. The van der Waals surface area contributed by atoms with E-state index in [4.69, 9.17) is 0 Å². The van der Waals surface area contributed by atoms with Crippen molar-refractivity contribution in [2.24, 2.45) is 0 Å². The van der Waals surface area contributed by atoms with Crippen LogP contribution in [0, 0.1) is 11.6 Å². The van der Waals surface area contributed by atoms with Crippen LogP contribution in [-0.2, 0) is 4.75 Å². The van der Waals surface area contributed by atoms with E-state index in [0.29, 0.717) is 0 Å². The molecule has 1 aromatic carbocycles. The highest BCUT2D eigenvalue weighted by atomic mass is 32.2. The fourth-order valence-electron chi connectivity index (χ4n) is 1.99. The molecule has 0 radical (unpaired) electrons. The minimum atomic E-state index is -0.404. The predicted molar refractivity (Wildman–Crippen MR) is 55.4 cm³/mol. The van der Waals surface area contributed by atoms with Crippen molar-refractivity contribution in [3.05, 3.63) is 35.4 Å². The highest BCUT2D eigenvalue weighted by molar-refractivity contribution is 7.99. The molecule has 0 heterocycles. The second-order valence-electron chi connectivity index (χ2n) is 3.65. The second-order valence-corrected chi connectivity index (χ2v) is 4.84. The molecule has 2 rings (SSSR count). The molecule has 1 aromatic rings. The standard InChI is InChI=1S/C11H12F2S/c1-14-11(6-3-7-11)10-8(12)4-2-5-9(10)13/h2,4-5H,3,6-7H2,1H3. The Morgan fingerprint density at radius 3 is 2.14 bits per heavy atom. The molecular formula is C11H12F2S. The molecule has 76 valence electrons. The van der Waals surface area contributed by atoms with Crippen molar-refractivity contribution in [1.29, 1.82) is 0 Å². The van der Waals surface area contributed by atoms with E-state index in [1.165, 1.54) is 18.2 Å². The Hall–Kier alpha value is -0.570. The normalized spacial score (nSPS) is 19.1. The summed E-state index contributed by atoms with van der Waals surface area (Å²) >= 11 is 1.56. The molecule has 0 atom stereocenters. The third-order valence-electron chi connectivity index (χ3n) is 2.97. The first-order chi connectivity index (χ1) is 6.69. The maximum atomic E-state index is 13.5. The molecule has 0 bridgehead atoms. The zero-order chi connectivity index (χ0) is 10.2. The summed E-state index contributed by atoms with van der Waals surface area (Å²) in [5.41, 5.74) is 0.277. The van der Waals surface area contributed by atoms with Crippen LogP contribution >= 0.6 is 11.8 Å². The van der Waals surface area contributed by atoms with Crippen molar-refractivity contribution < 1.29 is 8.78 Å². The molecule has 0 nitrogen and oxygen atoms in total. The van der Waals surface area contributed by atoms with Gasteiger partial charge in [-0.3, -0.25) is 0 Å². The Labute approximate surface area is 86.7 Å². The van der Waals surface area contributed by atoms with E-state index >= 15 is 0 Å². The van der Waals surface area contributed by atoms with E-state index in [0.717, 1.165) is 19.3 Å². The maximum absolute atomic E-state index is 13.5. The quantitative estimate of drug-likeness (QED) is 0.723. The summed E-state index contributed by atoms with van der Waals surface area (Å²) in [4.78, 5) is 0. The van der Waals surface area contributed by atoms with Crippen molar-refractivity contribution in [2.75, 3.05) is 6.26 Å². The van der Waals surface area contributed by atoms with Crippen LogP contribution in [0.3, 0.4) is 0 Å². The fourth-order valence-corrected chi connectivity index (χ4v) is 3.08. The van der Waals surface area contributed by atoms with Gasteiger partial charge in [0, 0.05) is 10.3 Å². The van der Waals surface area contributed by atoms with Gasteiger partial charge in [0.1, 0.15) is 11.6 Å². The van der Waals surface area contributed by atoms with Crippen LogP contribution in [0.15, 0.2) is 18.2 Å². The summed E-state index contributed by atoms with van der Waals surface area (Å²) in [7, 11) is 0. The molecule has 14 heavy (non-hydrogen) atoms. The molecule has 3 heteroatoms. The first kappa shape index (κ1) is 9.97. The molecule has 1 aliphatic rings. The maximum Gasteiger partial charge on any atom is 0.130 e. The Balaban J connectivity index is 2.49. The van der Waals surface area contributed by atoms with Crippen LogP contribution < -0.4 is 0 Å². The van der Waals surface area contributed by atoms with E-state index < -0.39 is 11.6 Å². The third kappa shape index (κ3) is 1.34. The topological polar surface area (TPSA) is 0 Å². The molecule has 0 N–H and O–H groups in total. The molecule has 0 amide bonds. The van der Waals surface area contributed by atoms with E-state index in [1.54, 1.807) is 11.8 Å². The van der Waals surface area contributed by atoms with Gasteiger partial charge in [-0.2, -0.15) is 11.8 Å². The Bertz CT molecular complexity index is 319. The molecular weight excluding hydrogens is 202 g/mol. The van der Waals surface area contributed by atoms with Gasteiger partial charge in [0.2, 0.25) is 0 Å². The van der Waals surface area contributed by atoms with Crippen LogP contribution in [0.4, 0.5) is 8.78 Å². The molecule has 0 unspecified atom stereocenters. The van der Waals surface area contributed by atoms with Crippen molar-refractivity contribution in [2.45, 2.75) is 24.0 Å².